The number of ether oxygens (including phenoxy) is 1. The molecule has 0 bridgehead atoms. The molecule has 5 nitrogen and oxygen atoms in total. The van der Waals surface area contributed by atoms with Gasteiger partial charge in [-0.15, -0.1) is 0 Å². The van der Waals surface area contributed by atoms with Crippen molar-refractivity contribution in [1.82, 2.24) is 15.8 Å². The van der Waals surface area contributed by atoms with Crippen molar-refractivity contribution >= 4 is 5.91 Å². The molecule has 0 spiro atoms. The maximum Gasteiger partial charge on any atom is 0.265 e. The summed E-state index contributed by atoms with van der Waals surface area (Å²) >= 11 is 0. The van der Waals surface area contributed by atoms with Gasteiger partial charge in [0.05, 0.1) is 12.3 Å². The van der Waals surface area contributed by atoms with Gasteiger partial charge in [0.1, 0.15) is 11.6 Å². The molecule has 138 valence electrons. The summed E-state index contributed by atoms with van der Waals surface area (Å²) in [7, 11) is 0. The fraction of sp³-hybridized carbons (Fsp3) is 0.143. The summed E-state index contributed by atoms with van der Waals surface area (Å²) < 4.78 is 19.0. The Bertz CT molecular complexity index is 913. The van der Waals surface area contributed by atoms with Gasteiger partial charge < -0.3 is 4.74 Å². The third-order valence-corrected chi connectivity index (χ3v) is 3.92. The Morgan fingerprint density at radius 1 is 1.11 bits per heavy atom. The number of aromatic nitrogens is 1. The van der Waals surface area contributed by atoms with Crippen LogP contribution in [0.25, 0.3) is 11.3 Å². The minimum Gasteiger partial charge on any atom is -0.494 e. The SMILES string of the molecule is CCOc1ccc(-c2cc(C(=O)NNCc3ccccc3F)ccn2)cc1. The fourth-order valence-electron chi connectivity index (χ4n) is 2.55. The number of pyridine rings is 1. The van der Waals surface area contributed by atoms with Gasteiger partial charge in [-0.25, -0.2) is 9.82 Å². The lowest BCUT2D eigenvalue weighted by Gasteiger charge is -2.09. The van der Waals surface area contributed by atoms with Crippen molar-refractivity contribution in [3.05, 3.63) is 83.8 Å². The monoisotopic (exact) mass is 365 g/mol. The lowest BCUT2D eigenvalue weighted by molar-refractivity contribution is 0.0932. The van der Waals surface area contributed by atoms with E-state index in [2.05, 4.69) is 15.8 Å². The van der Waals surface area contributed by atoms with Crippen molar-refractivity contribution in [1.29, 1.82) is 0 Å². The second-order valence-corrected chi connectivity index (χ2v) is 5.79. The average molecular weight is 365 g/mol. The predicted octanol–water partition coefficient (Wildman–Crippen LogP) is 3.72. The van der Waals surface area contributed by atoms with Crippen molar-refractivity contribution in [2.75, 3.05) is 6.61 Å². The van der Waals surface area contributed by atoms with Gasteiger partial charge >= 0.3 is 0 Å². The van der Waals surface area contributed by atoms with Crippen LogP contribution in [-0.4, -0.2) is 17.5 Å². The maximum atomic E-state index is 13.6. The van der Waals surface area contributed by atoms with Crippen LogP contribution in [0.15, 0.2) is 66.9 Å². The molecular weight excluding hydrogens is 345 g/mol. The molecule has 1 amide bonds. The van der Waals surface area contributed by atoms with Crippen LogP contribution in [0.4, 0.5) is 4.39 Å². The van der Waals surface area contributed by atoms with Crippen LogP contribution >= 0.6 is 0 Å². The van der Waals surface area contributed by atoms with E-state index in [1.54, 1.807) is 36.5 Å². The number of carbonyl (C=O) groups excluding carboxylic acids is 1. The number of amides is 1. The van der Waals surface area contributed by atoms with Crippen LogP contribution in [0.1, 0.15) is 22.8 Å². The summed E-state index contributed by atoms with van der Waals surface area (Å²) in [4.78, 5) is 16.6. The molecule has 0 unspecified atom stereocenters. The van der Waals surface area contributed by atoms with Crippen LogP contribution in [-0.2, 0) is 6.54 Å². The molecule has 0 atom stereocenters. The number of nitrogens with one attached hydrogen (secondary N) is 2. The first-order valence-corrected chi connectivity index (χ1v) is 8.63. The smallest absolute Gasteiger partial charge is 0.265 e. The summed E-state index contributed by atoms with van der Waals surface area (Å²) in [6.07, 6.45) is 1.58. The fourth-order valence-corrected chi connectivity index (χ4v) is 2.55. The van der Waals surface area contributed by atoms with E-state index in [0.29, 0.717) is 23.4 Å². The number of halogens is 1. The lowest BCUT2D eigenvalue weighted by Crippen LogP contribution is -2.37. The summed E-state index contributed by atoms with van der Waals surface area (Å²) in [6.45, 7) is 2.72. The van der Waals surface area contributed by atoms with Gasteiger partial charge in [0.2, 0.25) is 0 Å². The van der Waals surface area contributed by atoms with E-state index in [9.17, 15) is 9.18 Å². The van der Waals surface area contributed by atoms with Crippen LogP contribution < -0.4 is 15.6 Å². The van der Waals surface area contributed by atoms with E-state index in [4.69, 9.17) is 4.74 Å². The third-order valence-electron chi connectivity index (χ3n) is 3.92. The summed E-state index contributed by atoms with van der Waals surface area (Å²) in [5, 5.41) is 0. The number of nitrogens with zero attached hydrogens (tertiary/aromatic N) is 1. The number of hydrazine groups is 1. The number of hydrogen-bond donors (Lipinski definition) is 2. The molecule has 2 aromatic carbocycles. The molecule has 3 aromatic rings. The first-order valence-electron chi connectivity index (χ1n) is 8.63. The van der Waals surface area contributed by atoms with E-state index in [-0.39, 0.29) is 18.3 Å². The highest BCUT2D eigenvalue weighted by atomic mass is 19.1. The van der Waals surface area contributed by atoms with Gasteiger partial charge in [-0.3, -0.25) is 15.2 Å². The normalized spacial score (nSPS) is 10.4. The zero-order valence-electron chi connectivity index (χ0n) is 14.9. The highest BCUT2D eigenvalue weighted by Crippen LogP contribution is 2.21. The molecule has 0 aliphatic rings. The minimum atomic E-state index is -0.319. The predicted molar refractivity (Wildman–Crippen MR) is 102 cm³/mol. The first kappa shape index (κ1) is 18.5. The standard InChI is InChI=1S/C21H20FN3O2/c1-2-27-18-9-7-15(8-10-18)20-13-16(11-12-23-20)21(26)25-24-14-17-5-3-4-6-19(17)22/h3-13,24H,2,14H2,1H3,(H,25,26). The van der Waals surface area contributed by atoms with Gasteiger partial charge in [-0.1, -0.05) is 18.2 Å². The second kappa shape index (κ2) is 8.91. The molecule has 0 aliphatic heterocycles. The molecule has 3 rings (SSSR count). The van der Waals surface area contributed by atoms with Gasteiger partial charge in [0, 0.05) is 29.4 Å². The molecule has 2 N–H and O–H groups in total. The van der Waals surface area contributed by atoms with Crippen molar-refractivity contribution in [3.8, 4) is 17.0 Å². The Kier molecular flexibility index (Phi) is 6.12. The summed E-state index contributed by atoms with van der Waals surface area (Å²) in [5.41, 5.74) is 7.81. The Morgan fingerprint density at radius 2 is 1.89 bits per heavy atom. The molecule has 0 saturated heterocycles. The molecule has 1 aromatic heterocycles. The zero-order chi connectivity index (χ0) is 19.1. The van der Waals surface area contributed by atoms with Gasteiger partial charge in [-0.2, -0.15) is 0 Å². The quantitative estimate of drug-likeness (QED) is 0.627. The Hall–Kier alpha value is -3.25. The molecular formula is C21H20FN3O2. The maximum absolute atomic E-state index is 13.6. The highest BCUT2D eigenvalue weighted by Gasteiger charge is 2.08. The minimum absolute atomic E-state index is 0.190. The van der Waals surface area contributed by atoms with E-state index in [1.165, 1.54) is 6.07 Å². The number of carbonyl (C=O) groups is 1. The number of benzene rings is 2. The average Bonchev–Trinajstić information content (AvgIpc) is 2.70. The van der Waals surface area contributed by atoms with E-state index in [0.717, 1.165) is 11.3 Å². The van der Waals surface area contributed by atoms with Gasteiger partial charge in [0.15, 0.2) is 0 Å². The number of rotatable bonds is 7. The van der Waals surface area contributed by atoms with E-state index in [1.807, 2.05) is 31.2 Å². The van der Waals surface area contributed by atoms with Crippen molar-refractivity contribution in [2.24, 2.45) is 0 Å². The van der Waals surface area contributed by atoms with Crippen molar-refractivity contribution in [3.63, 3.8) is 0 Å². The van der Waals surface area contributed by atoms with E-state index >= 15 is 0 Å². The van der Waals surface area contributed by atoms with Crippen LogP contribution in [0.5, 0.6) is 5.75 Å². The molecule has 27 heavy (non-hydrogen) atoms. The molecule has 0 saturated carbocycles. The van der Waals surface area contributed by atoms with Crippen molar-refractivity contribution < 1.29 is 13.9 Å². The Balaban J connectivity index is 1.64. The lowest BCUT2D eigenvalue weighted by atomic mass is 10.1. The zero-order valence-corrected chi connectivity index (χ0v) is 14.9. The Labute approximate surface area is 157 Å². The van der Waals surface area contributed by atoms with Gasteiger partial charge in [0.25, 0.3) is 5.91 Å². The number of hydrogen-bond acceptors (Lipinski definition) is 4. The summed E-state index contributed by atoms with van der Waals surface area (Å²) in [5.74, 6) is 0.148. The molecule has 0 aliphatic carbocycles. The van der Waals surface area contributed by atoms with Gasteiger partial charge in [-0.05, 0) is 49.4 Å². The largest absolute Gasteiger partial charge is 0.494 e. The topological polar surface area (TPSA) is 63.2 Å². The van der Waals surface area contributed by atoms with Crippen LogP contribution in [0.3, 0.4) is 0 Å². The van der Waals surface area contributed by atoms with E-state index < -0.39 is 0 Å². The molecule has 6 heteroatoms. The summed E-state index contributed by atoms with van der Waals surface area (Å²) in [6, 6.07) is 17.2. The Morgan fingerprint density at radius 3 is 2.63 bits per heavy atom. The first-order chi connectivity index (χ1) is 13.2. The van der Waals surface area contributed by atoms with Crippen molar-refractivity contribution in [2.45, 2.75) is 13.5 Å². The third kappa shape index (κ3) is 4.89. The highest BCUT2D eigenvalue weighted by molar-refractivity contribution is 5.94. The molecule has 1 heterocycles. The molecule has 0 fully saturated rings. The second-order valence-electron chi connectivity index (χ2n) is 5.79. The van der Waals surface area contributed by atoms with Crippen LogP contribution in [0.2, 0.25) is 0 Å². The molecule has 0 radical (unpaired) electrons. The van der Waals surface area contributed by atoms with Crippen LogP contribution in [0, 0.1) is 5.82 Å².